The molecule has 0 saturated carbocycles. The number of aryl methyl sites for hydroxylation is 2. The van der Waals surface area contributed by atoms with Gasteiger partial charge in [-0.25, -0.2) is 4.98 Å². The predicted molar refractivity (Wildman–Crippen MR) is 81.5 cm³/mol. The lowest BCUT2D eigenvalue weighted by Gasteiger charge is -2.17. The van der Waals surface area contributed by atoms with Gasteiger partial charge in [0.25, 0.3) is 0 Å². The van der Waals surface area contributed by atoms with Gasteiger partial charge >= 0.3 is 0 Å². The highest BCUT2D eigenvalue weighted by atomic mass is 16.5. The van der Waals surface area contributed by atoms with Gasteiger partial charge in [-0.2, -0.15) is 0 Å². The fourth-order valence-corrected chi connectivity index (χ4v) is 2.75. The minimum atomic E-state index is 0.309. The molecule has 0 radical (unpaired) electrons. The lowest BCUT2D eigenvalue weighted by Crippen LogP contribution is -2.20. The number of nitrogens with one attached hydrogen (secondary N) is 1. The molecule has 0 fully saturated rings. The highest BCUT2D eigenvalue weighted by Crippen LogP contribution is 2.29. The maximum atomic E-state index is 5.63. The Kier molecular flexibility index (Phi) is 3.97. The average Bonchev–Trinajstić information content (AvgIpc) is 3.06. The Morgan fingerprint density at radius 3 is 2.90 bits per heavy atom. The lowest BCUT2D eigenvalue weighted by molar-refractivity contribution is 0.356. The van der Waals surface area contributed by atoms with Gasteiger partial charge in [0, 0.05) is 12.5 Å². The summed E-state index contributed by atoms with van der Waals surface area (Å²) in [6.45, 7) is 7.57. The molecule has 0 saturated heterocycles. The lowest BCUT2D eigenvalue weighted by atomic mass is 10.0. The molecule has 1 unspecified atom stereocenters. The van der Waals surface area contributed by atoms with E-state index in [2.05, 4.69) is 35.4 Å². The second-order valence-corrected chi connectivity index (χ2v) is 5.56. The van der Waals surface area contributed by atoms with Gasteiger partial charge in [0.15, 0.2) is 0 Å². The van der Waals surface area contributed by atoms with Crippen molar-refractivity contribution in [2.75, 3.05) is 6.61 Å². The maximum Gasteiger partial charge on any atom is 0.208 e. The van der Waals surface area contributed by atoms with E-state index in [1.165, 1.54) is 11.1 Å². The van der Waals surface area contributed by atoms with E-state index < -0.39 is 0 Å². The first-order valence-corrected chi connectivity index (χ1v) is 7.59. The molecule has 0 amide bonds. The highest BCUT2D eigenvalue weighted by Gasteiger charge is 2.16. The Balaban J connectivity index is 1.70. The van der Waals surface area contributed by atoms with E-state index in [4.69, 9.17) is 9.15 Å². The van der Waals surface area contributed by atoms with Crippen molar-refractivity contribution in [2.45, 2.75) is 46.2 Å². The van der Waals surface area contributed by atoms with Crippen molar-refractivity contribution in [3.05, 3.63) is 46.7 Å². The molecular weight excluding hydrogens is 264 g/mol. The van der Waals surface area contributed by atoms with Gasteiger partial charge in [-0.1, -0.05) is 19.1 Å². The molecule has 3 rings (SSSR count). The third kappa shape index (κ3) is 2.95. The van der Waals surface area contributed by atoms with E-state index in [0.717, 1.165) is 42.5 Å². The third-order valence-electron chi connectivity index (χ3n) is 4.10. The zero-order valence-electron chi connectivity index (χ0n) is 12.9. The number of ether oxygens (including phenoxy) is 1. The summed E-state index contributed by atoms with van der Waals surface area (Å²) >= 11 is 0. The molecule has 21 heavy (non-hydrogen) atoms. The van der Waals surface area contributed by atoms with Crippen LogP contribution in [0.1, 0.15) is 47.9 Å². The van der Waals surface area contributed by atoms with Crippen molar-refractivity contribution in [3.8, 4) is 5.75 Å². The summed E-state index contributed by atoms with van der Waals surface area (Å²) in [4.78, 5) is 4.42. The van der Waals surface area contributed by atoms with E-state index in [0.29, 0.717) is 12.6 Å². The van der Waals surface area contributed by atoms with Crippen molar-refractivity contribution >= 4 is 0 Å². The minimum absolute atomic E-state index is 0.309. The van der Waals surface area contributed by atoms with Gasteiger partial charge in [-0.05, 0) is 37.5 Å². The molecule has 1 aromatic carbocycles. The normalized spacial score (nSPS) is 14.8. The standard InChI is InChI=1S/C17H22N2O2/c1-4-15(18-10-17-19-11(2)12(3)21-17)13-5-6-16-14(9-13)7-8-20-16/h5-6,9,15,18H,4,7-8,10H2,1-3H3. The Morgan fingerprint density at radius 2 is 2.19 bits per heavy atom. The van der Waals surface area contributed by atoms with Crippen LogP contribution < -0.4 is 10.1 Å². The number of hydrogen-bond acceptors (Lipinski definition) is 4. The van der Waals surface area contributed by atoms with Gasteiger partial charge in [-0.3, -0.25) is 0 Å². The molecule has 2 aromatic rings. The van der Waals surface area contributed by atoms with E-state index >= 15 is 0 Å². The molecule has 4 heteroatoms. The van der Waals surface area contributed by atoms with E-state index in [9.17, 15) is 0 Å². The summed E-state index contributed by atoms with van der Waals surface area (Å²) in [5, 5.41) is 3.54. The summed E-state index contributed by atoms with van der Waals surface area (Å²) in [7, 11) is 0. The first kappa shape index (κ1) is 14.1. The van der Waals surface area contributed by atoms with E-state index in [1.807, 2.05) is 13.8 Å². The summed E-state index contributed by atoms with van der Waals surface area (Å²) < 4.78 is 11.2. The number of aromatic nitrogens is 1. The Bertz CT molecular complexity index is 614. The van der Waals surface area contributed by atoms with Crippen LogP contribution >= 0.6 is 0 Å². The monoisotopic (exact) mass is 286 g/mol. The van der Waals surface area contributed by atoms with Gasteiger partial charge in [0.2, 0.25) is 5.89 Å². The quantitative estimate of drug-likeness (QED) is 0.914. The summed E-state index contributed by atoms with van der Waals surface area (Å²) in [5.74, 6) is 2.69. The molecule has 1 N–H and O–H groups in total. The van der Waals surface area contributed by atoms with Crippen molar-refractivity contribution in [3.63, 3.8) is 0 Å². The molecule has 0 bridgehead atoms. The molecule has 1 aliphatic heterocycles. The second kappa shape index (κ2) is 5.90. The first-order valence-electron chi connectivity index (χ1n) is 7.59. The molecule has 1 aromatic heterocycles. The molecule has 0 spiro atoms. The molecular formula is C17H22N2O2. The van der Waals surface area contributed by atoms with Crippen molar-refractivity contribution in [2.24, 2.45) is 0 Å². The van der Waals surface area contributed by atoms with Crippen LogP contribution in [0.15, 0.2) is 22.6 Å². The Morgan fingerprint density at radius 1 is 1.33 bits per heavy atom. The second-order valence-electron chi connectivity index (χ2n) is 5.56. The van der Waals surface area contributed by atoms with Crippen molar-refractivity contribution < 1.29 is 9.15 Å². The van der Waals surface area contributed by atoms with Crippen LogP contribution in [0.3, 0.4) is 0 Å². The molecule has 0 aliphatic carbocycles. The Hall–Kier alpha value is -1.81. The molecule has 4 nitrogen and oxygen atoms in total. The summed E-state index contributed by atoms with van der Waals surface area (Å²) in [5.41, 5.74) is 3.59. The van der Waals surface area contributed by atoms with Crippen molar-refractivity contribution in [1.82, 2.24) is 10.3 Å². The first-order chi connectivity index (χ1) is 10.2. The largest absolute Gasteiger partial charge is 0.493 e. The van der Waals surface area contributed by atoms with Gasteiger partial charge < -0.3 is 14.5 Å². The topological polar surface area (TPSA) is 47.3 Å². The molecule has 112 valence electrons. The van der Waals surface area contributed by atoms with Crippen molar-refractivity contribution in [1.29, 1.82) is 0 Å². The van der Waals surface area contributed by atoms with E-state index in [-0.39, 0.29) is 0 Å². The number of rotatable bonds is 5. The average molecular weight is 286 g/mol. The van der Waals surface area contributed by atoms with Crippen LogP contribution in [-0.2, 0) is 13.0 Å². The van der Waals surface area contributed by atoms with E-state index in [1.54, 1.807) is 0 Å². The van der Waals surface area contributed by atoms with Gasteiger partial charge in [0.1, 0.15) is 11.5 Å². The van der Waals surface area contributed by atoms with Crippen LogP contribution in [0.25, 0.3) is 0 Å². The maximum absolute atomic E-state index is 5.63. The number of hydrogen-bond donors (Lipinski definition) is 1. The molecule has 1 atom stereocenters. The fraction of sp³-hybridized carbons (Fsp3) is 0.471. The van der Waals surface area contributed by atoms with Gasteiger partial charge in [0.05, 0.1) is 18.8 Å². The summed E-state index contributed by atoms with van der Waals surface area (Å²) in [6.07, 6.45) is 2.04. The van der Waals surface area contributed by atoms with Crippen LogP contribution in [-0.4, -0.2) is 11.6 Å². The van der Waals surface area contributed by atoms with Gasteiger partial charge in [-0.15, -0.1) is 0 Å². The number of nitrogens with zero attached hydrogens (tertiary/aromatic N) is 1. The SMILES string of the molecule is CCC(NCc1nc(C)c(C)o1)c1ccc2c(c1)CCO2. The zero-order chi connectivity index (χ0) is 14.8. The highest BCUT2D eigenvalue weighted by molar-refractivity contribution is 5.40. The van der Waals surface area contributed by atoms with Crippen LogP contribution in [0.5, 0.6) is 5.75 Å². The minimum Gasteiger partial charge on any atom is -0.493 e. The fourth-order valence-electron chi connectivity index (χ4n) is 2.75. The smallest absolute Gasteiger partial charge is 0.208 e. The van der Waals surface area contributed by atoms with Crippen LogP contribution in [0.2, 0.25) is 0 Å². The summed E-state index contributed by atoms with van der Waals surface area (Å²) in [6, 6.07) is 6.80. The molecule has 2 heterocycles. The number of benzene rings is 1. The zero-order valence-corrected chi connectivity index (χ0v) is 12.9. The number of fused-ring (bicyclic) bond motifs is 1. The van der Waals surface area contributed by atoms with Crippen LogP contribution in [0.4, 0.5) is 0 Å². The van der Waals surface area contributed by atoms with Crippen LogP contribution in [0, 0.1) is 13.8 Å². The molecule has 1 aliphatic rings. The third-order valence-corrected chi connectivity index (χ3v) is 4.10. The predicted octanol–water partition coefficient (Wildman–Crippen LogP) is 3.47. The number of oxazole rings is 1. The Labute approximate surface area is 125 Å².